The largest absolute Gasteiger partial charge is 0.456 e. The van der Waals surface area contributed by atoms with Crippen molar-refractivity contribution in [2.24, 2.45) is 0 Å². The van der Waals surface area contributed by atoms with Gasteiger partial charge < -0.3 is 10.1 Å². The molecule has 0 aliphatic carbocycles. The normalized spacial score (nSPS) is 12.2. The average molecular weight is 291 g/mol. The molecule has 1 N–H and O–H groups in total. The van der Waals surface area contributed by atoms with Crippen LogP contribution in [0.4, 0.5) is 0 Å². The molecule has 1 unspecified atom stereocenters. The van der Waals surface area contributed by atoms with Gasteiger partial charge in [-0.05, 0) is 37.6 Å². The van der Waals surface area contributed by atoms with E-state index in [9.17, 15) is 0 Å². The summed E-state index contributed by atoms with van der Waals surface area (Å²) in [6, 6.07) is 10.1. The predicted octanol–water partition coefficient (Wildman–Crippen LogP) is 4.59. The molecule has 0 amide bonds. The van der Waals surface area contributed by atoms with E-state index >= 15 is 0 Å². The van der Waals surface area contributed by atoms with Crippen LogP contribution in [0.15, 0.2) is 42.7 Å². The monoisotopic (exact) mass is 290 g/mol. The Balaban J connectivity index is 2.09. The minimum Gasteiger partial charge on any atom is -0.456 e. The summed E-state index contributed by atoms with van der Waals surface area (Å²) < 4.78 is 5.78. The highest BCUT2D eigenvalue weighted by Gasteiger charge is 2.06. The van der Waals surface area contributed by atoms with Crippen LogP contribution in [-0.2, 0) is 0 Å². The maximum atomic E-state index is 5.90. The number of benzene rings is 1. The lowest BCUT2D eigenvalue weighted by Crippen LogP contribution is -2.19. The summed E-state index contributed by atoms with van der Waals surface area (Å²) >= 11 is 5.90. The first-order valence-electron chi connectivity index (χ1n) is 6.81. The molecule has 4 heteroatoms. The number of ether oxygens (including phenoxy) is 1. The topological polar surface area (TPSA) is 34.1 Å². The van der Waals surface area contributed by atoms with Gasteiger partial charge in [-0.25, -0.2) is 0 Å². The Bertz CT molecular complexity index is 560. The Morgan fingerprint density at radius 1 is 1.25 bits per heavy atom. The van der Waals surface area contributed by atoms with Crippen molar-refractivity contribution in [1.29, 1.82) is 0 Å². The number of aromatic nitrogens is 1. The van der Waals surface area contributed by atoms with Gasteiger partial charge in [0.2, 0.25) is 0 Å². The first-order valence-corrected chi connectivity index (χ1v) is 7.18. The van der Waals surface area contributed by atoms with E-state index in [-0.39, 0.29) is 0 Å². The third kappa shape index (κ3) is 4.22. The van der Waals surface area contributed by atoms with Crippen molar-refractivity contribution in [3.8, 4) is 11.5 Å². The van der Waals surface area contributed by atoms with E-state index in [1.54, 1.807) is 18.5 Å². The van der Waals surface area contributed by atoms with Crippen LogP contribution in [0.3, 0.4) is 0 Å². The van der Waals surface area contributed by atoms with Crippen LogP contribution in [0.25, 0.3) is 0 Å². The van der Waals surface area contributed by atoms with Crippen LogP contribution in [0.5, 0.6) is 11.5 Å². The number of nitrogens with one attached hydrogen (secondary N) is 1. The molecule has 0 spiro atoms. The third-order valence-corrected chi connectivity index (χ3v) is 3.18. The van der Waals surface area contributed by atoms with Crippen LogP contribution in [-0.4, -0.2) is 11.5 Å². The van der Waals surface area contributed by atoms with Crippen molar-refractivity contribution >= 4 is 11.6 Å². The molecule has 106 valence electrons. The SMILES string of the molecule is CCCNC(C)c1cccc(Oc2cncc(Cl)c2)c1. The molecule has 1 aromatic carbocycles. The summed E-state index contributed by atoms with van der Waals surface area (Å²) in [5.74, 6) is 1.43. The second-order valence-corrected chi connectivity index (χ2v) is 5.13. The van der Waals surface area contributed by atoms with Gasteiger partial charge in [-0.3, -0.25) is 4.98 Å². The van der Waals surface area contributed by atoms with Crippen molar-refractivity contribution in [3.05, 3.63) is 53.3 Å². The van der Waals surface area contributed by atoms with Gasteiger partial charge in [0.15, 0.2) is 0 Å². The Morgan fingerprint density at radius 3 is 2.85 bits per heavy atom. The molecule has 1 aromatic heterocycles. The Morgan fingerprint density at radius 2 is 2.10 bits per heavy atom. The molecule has 0 saturated heterocycles. The van der Waals surface area contributed by atoms with E-state index in [4.69, 9.17) is 16.3 Å². The Kier molecular flexibility index (Phi) is 5.39. The molecule has 20 heavy (non-hydrogen) atoms. The predicted molar refractivity (Wildman–Crippen MR) is 82.5 cm³/mol. The summed E-state index contributed by atoms with van der Waals surface area (Å²) in [6.07, 6.45) is 4.35. The number of halogens is 1. The van der Waals surface area contributed by atoms with Crippen LogP contribution in [0.1, 0.15) is 31.9 Å². The van der Waals surface area contributed by atoms with Crippen LogP contribution < -0.4 is 10.1 Å². The number of pyridine rings is 1. The van der Waals surface area contributed by atoms with E-state index < -0.39 is 0 Å². The zero-order valence-electron chi connectivity index (χ0n) is 11.8. The van der Waals surface area contributed by atoms with Crippen LogP contribution >= 0.6 is 11.6 Å². The molecular formula is C16H19ClN2O. The standard InChI is InChI=1S/C16H19ClN2O/c1-3-7-19-12(2)13-5-4-6-15(8-13)20-16-9-14(17)10-18-11-16/h4-6,8-12,19H,3,7H2,1-2H3. The molecule has 0 radical (unpaired) electrons. The summed E-state index contributed by atoms with van der Waals surface area (Å²) in [4.78, 5) is 4.01. The Labute approximate surface area is 124 Å². The van der Waals surface area contributed by atoms with Gasteiger partial charge in [0.05, 0.1) is 11.2 Å². The molecule has 0 saturated carbocycles. The summed E-state index contributed by atoms with van der Waals surface area (Å²) in [5, 5.41) is 4.03. The van der Waals surface area contributed by atoms with E-state index in [0.717, 1.165) is 18.7 Å². The summed E-state index contributed by atoms with van der Waals surface area (Å²) in [5.41, 5.74) is 1.20. The quantitative estimate of drug-likeness (QED) is 0.845. The molecular weight excluding hydrogens is 272 g/mol. The average Bonchev–Trinajstić information content (AvgIpc) is 2.45. The van der Waals surface area contributed by atoms with E-state index in [1.807, 2.05) is 18.2 Å². The van der Waals surface area contributed by atoms with Crippen molar-refractivity contribution in [2.75, 3.05) is 6.54 Å². The van der Waals surface area contributed by atoms with E-state index in [1.165, 1.54) is 5.56 Å². The molecule has 1 heterocycles. The molecule has 3 nitrogen and oxygen atoms in total. The highest BCUT2D eigenvalue weighted by molar-refractivity contribution is 6.30. The van der Waals surface area contributed by atoms with Crippen molar-refractivity contribution in [2.45, 2.75) is 26.3 Å². The summed E-state index contributed by atoms with van der Waals surface area (Å²) in [7, 11) is 0. The number of nitrogens with zero attached hydrogens (tertiary/aromatic N) is 1. The number of hydrogen-bond donors (Lipinski definition) is 1. The fourth-order valence-electron chi connectivity index (χ4n) is 1.91. The van der Waals surface area contributed by atoms with Gasteiger partial charge in [-0.1, -0.05) is 30.7 Å². The molecule has 2 rings (SSSR count). The molecule has 0 aliphatic heterocycles. The highest BCUT2D eigenvalue weighted by Crippen LogP contribution is 2.25. The van der Waals surface area contributed by atoms with Gasteiger partial charge >= 0.3 is 0 Å². The fourth-order valence-corrected chi connectivity index (χ4v) is 2.07. The first kappa shape index (κ1) is 14.8. The molecule has 1 atom stereocenters. The lowest BCUT2D eigenvalue weighted by Gasteiger charge is -2.15. The number of rotatable bonds is 6. The molecule has 2 aromatic rings. The molecule has 0 fully saturated rings. The first-order chi connectivity index (χ1) is 9.69. The van der Waals surface area contributed by atoms with Gasteiger partial charge in [0.1, 0.15) is 11.5 Å². The van der Waals surface area contributed by atoms with Gasteiger partial charge in [0.25, 0.3) is 0 Å². The number of hydrogen-bond acceptors (Lipinski definition) is 3. The van der Waals surface area contributed by atoms with Gasteiger partial charge in [0, 0.05) is 18.3 Å². The third-order valence-electron chi connectivity index (χ3n) is 2.97. The maximum absolute atomic E-state index is 5.90. The molecule has 0 aliphatic rings. The minimum absolute atomic E-state index is 0.302. The van der Waals surface area contributed by atoms with Crippen molar-refractivity contribution in [3.63, 3.8) is 0 Å². The lowest BCUT2D eigenvalue weighted by molar-refractivity contribution is 0.477. The van der Waals surface area contributed by atoms with Gasteiger partial charge in [-0.15, -0.1) is 0 Å². The fraction of sp³-hybridized carbons (Fsp3) is 0.312. The summed E-state index contributed by atoms with van der Waals surface area (Å²) in [6.45, 7) is 5.31. The second-order valence-electron chi connectivity index (χ2n) is 4.69. The van der Waals surface area contributed by atoms with E-state index in [0.29, 0.717) is 16.8 Å². The molecule has 0 bridgehead atoms. The minimum atomic E-state index is 0.302. The van der Waals surface area contributed by atoms with E-state index in [2.05, 4.69) is 30.2 Å². The zero-order valence-corrected chi connectivity index (χ0v) is 12.5. The second kappa shape index (κ2) is 7.27. The Hall–Kier alpha value is -1.58. The smallest absolute Gasteiger partial charge is 0.147 e. The van der Waals surface area contributed by atoms with Crippen molar-refractivity contribution < 1.29 is 4.74 Å². The van der Waals surface area contributed by atoms with Crippen LogP contribution in [0, 0.1) is 0 Å². The van der Waals surface area contributed by atoms with Gasteiger partial charge in [-0.2, -0.15) is 0 Å². The van der Waals surface area contributed by atoms with Crippen LogP contribution in [0.2, 0.25) is 5.02 Å². The van der Waals surface area contributed by atoms with Crippen molar-refractivity contribution in [1.82, 2.24) is 10.3 Å². The highest BCUT2D eigenvalue weighted by atomic mass is 35.5. The zero-order chi connectivity index (χ0) is 14.4. The lowest BCUT2D eigenvalue weighted by atomic mass is 10.1. The maximum Gasteiger partial charge on any atom is 0.147 e.